The summed E-state index contributed by atoms with van der Waals surface area (Å²) in [7, 11) is 0. The van der Waals surface area contributed by atoms with Crippen molar-refractivity contribution in [1.29, 1.82) is 0 Å². The standard InChI is InChI=1S/C29H39N3O2/c1-5-12-21(3)30-22(4)29(34,20-23(6-2)19-24-13-8-7-9-14-24)32-28(33)27-18-17-25-15-10-11-16-26(25)31-27/h7-11,13-18,21-23,30,34H,5-6,12,19-20H2,1-4H3,(H,32,33). The van der Waals surface area contributed by atoms with Crippen molar-refractivity contribution in [2.45, 2.75) is 77.6 Å². The van der Waals surface area contributed by atoms with E-state index >= 15 is 0 Å². The quantitative estimate of drug-likeness (QED) is 0.312. The Bertz CT molecular complexity index is 1060. The molecular formula is C29H39N3O2. The fraction of sp³-hybridized carbons (Fsp3) is 0.448. The van der Waals surface area contributed by atoms with Crippen LogP contribution in [0.5, 0.6) is 0 Å². The molecule has 0 saturated heterocycles. The summed E-state index contributed by atoms with van der Waals surface area (Å²) in [6.45, 7) is 8.36. The monoisotopic (exact) mass is 461 g/mol. The number of rotatable bonds is 12. The summed E-state index contributed by atoms with van der Waals surface area (Å²) in [6, 6.07) is 21.6. The van der Waals surface area contributed by atoms with E-state index in [2.05, 4.69) is 48.5 Å². The Morgan fingerprint density at radius 1 is 1.00 bits per heavy atom. The molecule has 0 fully saturated rings. The van der Waals surface area contributed by atoms with Gasteiger partial charge in [-0.2, -0.15) is 0 Å². The lowest BCUT2D eigenvalue weighted by molar-refractivity contribution is -0.0416. The molecule has 4 atom stereocenters. The van der Waals surface area contributed by atoms with Crippen molar-refractivity contribution in [3.05, 3.63) is 78.0 Å². The predicted molar refractivity (Wildman–Crippen MR) is 140 cm³/mol. The summed E-state index contributed by atoms with van der Waals surface area (Å²) in [6.07, 6.45) is 4.25. The Hall–Kier alpha value is -2.76. The second kappa shape index (κ2) is 12.1. The lowest BCUT2D eigenvalue weighted by atomic mass is 9.85. The average Bonchev–Trinajstić information content (AvgIpc) is 2.84. The zero-order valence-electron chi connectivity index (χ0n) is 20.9. The smallest absolute Gasteiger partial charge is 0.272 e. The molecule has 1 aromatic heterocycles. The van der Waals surface area contributed by atoms with Gasteiger partial charge in [0, 0.05) is 11.4 Å². The van der Waals surface area contributed by atoms with Gasteiger partial charge in [-0.1, -0.05) is 81.3 Å². The molecule has 2 aromatic carbocycles. The van der Waals surface area contributed by atoms with Gasteiger partial charge in [-0.25, -0.2) is 4.98 Å². The van der Waals surface area contributed by atoms with Crippen molar-refractivity contribution in [3.63, 3.8) is 0 Å². The van der Waals surface area contributed by atoms with Gasteiger partial charge in [0.25, 0.3) is 5.91 Å². The number of nitrogens with one attached hydrogen (secondary N) is 2. The molecule has 0 aliphatic heterocycles. The number of aliphatic hydroxyl groups is 1. The van der Waals surface area contributed by atoms with Gasteiger partial charge < -0.3 is 15.7 Å². The number of hydrogen-bond donors (Lipinski definition) is 3. The maximum absolute atomic E-state index is 13.3. The molecule has 3 rings (SSSR count). The van der Waals surface area contributed by atoms with Crippen molar-refractivity contribution in [1.82, 2.24) is 15.6 Å². The summed E-state index contributed by atoms with van der Waals surface area (Å²) in [5.74, 6) is -0.150. The molecule has 0 aliphatic carbocycles. The predicted octanol–water partition coefficient (Wildman–Crippen LogP) is 5.48. The molecule has 3 N–H and O–H groups in total. The number of pyridine rings is 1. The molecule has 0 radical (unpaired) electrons. The fourth-order valence-electron chi connectivity index (χ4n) is 4.62. The highest BCUT2D eigenvalue weighted by molar-refractivity contribution is 5.95. The highest BCUT2D eigenvalue weighted by Gasteiger charge is 2.38. The van der Waals surface area contributed by atoms with Crippen LogP contribution < -0.4 is 10.6 Å². The SMILES string of the molecule is CCCC(C)NC(C)C(O)(CC(CC)Cc1ccccc1)NC(=O)c1ccc2ccccc2n1. The molecule has 34 heavy (non-hydrogen) atoms. The number of hydrogen-bond acceptors (Lipinski definition) is 4. The van der Waals surface area contributed by atoms with Crippen LogP contribution in [0, 0.1) is 5.92 Å². The van der Waals surface area contributed by atoms with Crippen molar-refractivity contribution < 1.29 is 9.90 Å². The molecule has 0 aliphatic rings. The Labute approximate surface area is 204 Å². The summed E-state index contributed by atoms with van der Waals surface area (Å²) >= 11 is 0. The largest absolute Gasteiger partial charge is 0.369 e. The Morgan fingerprint density at radius 2 is 1.71 bits per heavy atom. The van der Waals surface area contributed by atoms with Gasteiger partial charge in [-0.15, -0.1) is 0 Å². The van der Waals surface area contributed by atoms with Gasteiger partial charge in [0.2, 0.25) is 0 Å². The van der Waals surface area contributed by atoms with E-state index in [1.165, 1.54) is 5.56 Å². The number of nitrogens with zero attached hydrogens (tertiary/aromatic N) is 1. The number of carbonyl (C=O) groups excluding carboxylic acids is 1. The molecule has 0 bridgehead atoms. The first kappa shape index (κ1) is 25.9. The van der Waals surface area contributed by atoms with E-state index in [4.69, 9.17) is 0 Å². The zero-order valence-corrected chi connectivity index (χ0v) is 20.9. The van der Waals surface area contributed by atoms with E-state index in [9.17, 15) is 9.90 Å². The van der Waals surface area contributed by atoms with Crippen LogP contribution in [-0.4, -0.2) is 33.8 Å². The summed E-state index contributed by atoms with van der Waals surface area (Å²) in [5.41, 5.74) is 0.889. The highest BCUT2D eigenvalue weighted by Crippen LogP contribution is 2.26. The summed E-state index contributed by atoms with van der Waals surface area (Å²) in [4.78, 5) is 17.8. The lowest BCUT2D eigenvalue weighted by Crippen LogP contribution is -2.62. The fourth-order valence-corrected chi connectivity index (χ4v) is 4.62. The van der Waals surface area contributed by atoms with Gasteiger partial charge in [-0.05, 0) is 56.7 Å². The van der Waals surface area contributed by atoms with Crippen LogP contribution in [-0.2, 0) is 6.42 Å². The van der Waals surface area contributed by atoms with E-state index in [-0.39, 0.29) is 23.9 Å². The maximum Gasteiger partial charge on any atom is 0.272 e. The first-order valence-electron chi connectivity index (χ1n) is 12.5. The van der Waals surface area contributed by atoms with Crippen molar-refractivity contribution in [2.24, 2.45) is 5.92 Å². The maximum atomic E-state index is 13.3. The molecule has 0 saturated carbocycles. The van der Waals surface area contributed by atoms with Crippen LogP contribution in [0.1, 0.15) is 69.4 Å². The third-order valence-electron chi connectivity index (χ3n) is 6.68. The molecule has 4 unspecified atom stereocenters. The average molecular weight is 462 g/mol. The van der Waals surface area contributed by atoms with Crippen molar-refractivity contribution in [3.8, 4) is 0 Å². The number of aromatic nitrogens is 1. The summed E-state index contributed by atoms with van der Waals surface area (Å²) in [5, 5.41) is 19.4. The second-order valence-corrected chi connectivity index (χ2v) is 9.51. The number of para-hydroxylation sites is 1. The van der Waals surface area contributed by atoms with Crippen LogP contribution >= 0.6 is 0 Å². The second-order valence-electron chi connectivity index (χ2n) is 9.51. The number of carbonyl (C=O) groups is 1. The van der Waals surface area contributed by atoms with Crippen LogP contribution in [0.15, 0.2) is 66.7 Å². The zero-order chi connectivity index (χ0) is 24.6. The minimum absolute atomic E-state index is 0.211. The van der Waals surface area contributed by atoms with Crippen LogP contribution in [0.2, 0.25) is 0 Å². The van der Waals surface area contributed by atoms with Gasteiger partial charge in [0.05, 0.1) is 11.6 Å². The summed E-state index contributed by atoms with van der Waals surface area (Å²) < 4.78 is 0. The number of amides is 1. The van der Waals surface area contributed by atoms with E-state index in [0.29, 0.717) is 12.1 Å². The number of benzene rings is 2. The van der Waals surface area contributed by atoms with Gasteiger partial charge in [0.1, 0.15) is 5.69 Å². The molecule has 5 nitrogen and oxygen atoms in total. The molecular weight excluding hydrogens is 422 g/mol. The first-order valence-corrected chi connectivity index (χ1v) is 12.5. The van der Waals surface area contributed by atoms with Crippen molar-refractivity contribution >= 4 is 16.8 Å². The third-order valence-corrected chi connectivity index (χ3v) is 6.68. The molecule has 1 heterocycles. The van der Waals surface area contributed by atoms with E-state index < -0.39 is 5.72 Å². The number of fused-ring (bicyclic) bond motifs is 1. The lowest BCUT2D eigenvalue weighted by Gasteiger charge is -2.39. The first-order chi connectivity index (χ1) is 16.3. The van der Waals surface area contributed by atoms with Crippen molar-refractivity contribution in [2.75, 3.05) is 0 Å². The van der Waals surface area contributed by atoms with Crippen LogP contribution in [0.25, 0.3) is 10.9 Å². The Kier molecular flexibility index (Phi) is 9.20. The van der Waals surface area contributed by atoms with E-state index in [0.717, 1.165) is 36.6 Å². The van der Waals surface area contributed by atoms with Crippen LogP contribution in [0.4, 0.5) is 0 Å². The minimum Gasteiger partial charge on any atom is -0.369 e. The molecule has 3 aromatic rings. The van der Waals surface area contributed by atoms with Gasteiger partial charge in [-0.3, -0.25) is 4.79 Å². The Morgan fingerprint density at radius 3 is 2.41 bits per heavy atom. The van der Waals surface area contributed by atoms with Gasteiger partial charge in [0.15, 0.2) is 5.72 Å². The van der Waals surface area contributed by atoms with E-state index in [1.807, 2.05) is 55.5 Å². The van der Waals surface area contributed by atoms with Crippen LogP contribution in [0.3, 0.4) is 0 Å². The minimum atomic E-state index is -1.41. The van der Waals surface area contributed by atoms with E-state index in [1.54, 1.807) is 6.07 Å². The molecule has 0 spiro atoms. The topological polar surface area (TPSA) is 74.2 Å². The molecule has 5 heteroatoms. The van der Waals surface area contributed by atoms with Gasteiger partial charge >= 0.3 is 0 Å². The third kappa shape index (κ3) is 6.87. The normalized spacial score (nSPS) is 15.9. The Balaban J connectivity index is 1.83. The highest BCUT2D eigenvalue weighted by atomic mass is 16.3. The molecule has 1 amide bonds. The molecule has 182 valence electrons.